The molecule has 2 nitrogen and oxygen atoms in total. The van der Waals surface area contributed by atoms with Crippen molar-refractivity contribution in [1.82, 2.24) is 0 Å². The topological polar surface area (TPSA) is 34.1 Å². The number of carbonyl (C=O) groups excluding carboxylic acids is 1. The molecule has 0 radical (unpaired) electrons. The zero-order valence-corrected chi connectivity index (χ0v) is 17.6. The molecule has 0 aromatic heterocycles. The molecule has 0 aliphatic heterocycles. The second-order valence-corrected chi connectivity index (χ2v) is 10.4. The van der Waals surface area contributed by atoms with E-state index in [9.17, 15) is 9.36 Å². The molecule has 140 valence electrons. The molecule has 3 heteroatoms. The Morgan fingerprint density at radius 3 is 1.70 bits per heavy atom. The van der Waals surface area contributed by atoms with Gasteiger partial charge in [0.05, 0.1) is 0 Å². The minimum absolute atomic E-state index is 0.242. The first-order valence-corrected chi connectivity index (χ1v) is 11.1. The molecule has 0 bridgehead atoms. The summed E-state index contributed by atoms with van der Waals surface area (Å²) in [7, 11) is -3.46. The summed E-state index contributed by atoms with van der Waals surface area (Å²) in [6.45, 7) is 10.1. The van der Waals surface area contributed by atoms with E-state index in [1.165, 1.54) is 0 Å². The monoisotopic (exact) mass is 378 g/mol. The molecule has 0 spiro atoms. The number of carbonyl (C=O) groups is 1. The van der Waals surface area contributed by atoms with E-state index in [0.717, 1.165) is 28.7 Å². The van der Waals surface area contributed by atoms with Gasteiger partial charge in [-0.3, -0.25) is 4.79 Å². The maximum absolute atomic E-state index is 14.4. The first-order chi connectivity index (χ1) is 12.7. The first kappa shape index (κ1) is 19.6. The van der Waals surface area contributed by atoms with Crippen molar-refractivity contribution in [2.24, 2.45) is 5.92 Å². The fourth-order valence-corrected chi connectivity index (χ4v) is 6.48. The van der Waals surface area contributed by atoms with E-state index in [1.807, 2.05) is 76.2 Å². The van der Waals surface area contributed by atoms with Gasteiger partial charge in [0.1, 0.15) is 0 Å². The molecule has 1 aliphatic carbocycles. The van der Waals surface area contributed by atoms with Gasteiger partial charge in [0, 0.05) is 16.2 Å². The smallest absolute Gasteiger partial charge is 0.230 e. The standard InChI is InChI=1S/C24H27O2P/c1-16-6-10-21(11-7-16)27(26,22-12-8-17(2)9-13-22)24(25)23-19(4)14-18(3)15-20(23)5/h6-14,18H,15H2,1-5H3. The zero-order chi connectivity index (χ0) is 19.8. The highest BCUT2D eigenvalue weighted by Crippen LogP contribution is 2.49. The van der Waals surface area contributed by atoms with Gasteiger partial charge in [-0.1, -0.05) is 78.2 Å². The molecular formula is C24H27O2P. The van der Waals surface area contributed by atoms with Crippen LogP contribution in [0.25, 0.3) is 0 Å². The SMILES string of the molecule is CC1=CC(C)CC(C)=C1C(=O)P(=O)(c1ccc(C)cc1)c1ccc(C)cc1. The number of aryl methyl sites for hydroxylation is 2. The molecule has 2 aromatic carbocycles. The third kappa shape index (κ3) is 3.64. The highest BCUT2D eigenvalue weighted by molar-refractivity contribution is 7.93. The summed E-state index contributed by atoms with van der Waals surface area (Å²) in [5, 5.41) is 1.21. The minimum Gasteiger partial charge on any atom is -0.305 e. The lowest BCUT2D eigenvalue weighted by molar-refractivity contribution is -0.108. The number of hydrogen-bond donors (Lipinski definition) is 0. The van der Waals surface area contributed by atoms with Crippen LogP contribution in [0.2, 0.25) is 0 Å². The zero-order valence-electron chi connectivity index (χ0n) is 16.7. The lowest BCUT2D eigenvalue weighted by Crippen LogP contribution is -2.25. The van der Waals surface area contributed by atoms with Gasteiger partial charge in [0.2, 0.25) is 12.7 Å². The molecule has 2 aromatic rings. The Kier molecular flexibility index (Phi) is 5.40. The van der Waals surface area contributed by atoms with Crippen molar-refractivity contribution in [2.75, 3.05) is 0 Å². The van der Waals surface area contributed by atoms with Crippen LogP contribution in [0.15, 0.2) is 71.3 Å². The molecule has 1 aliphatic rings. The summed E-state index contributed by atoms with van der Waals surface area (Å²) in [5.74, 6) is 0.402. The molecule has 0 amide bonds. The van der Waals surface area contributed by atoms with Crippen molar-refractivity contribution in [3.05, 3.63) is 82.5 Å². The fraction of sp³-hybridized carbons (Fsp3) is 0.292. The Labute approximate surface area is 162 Å². The van der Waals surface area contributed by atoms with Crippen molar-refractivity contribution in [3.63, 3.8) is 0 Å². The van der Waals surface area contributed by atoms with Gasteiger partial charge in [0.15, 0.2) is 0 Å². The third-order valence-corrected chi connectivity index (χ3v) is 8.13. The Morgan fingerprint density at radius 1 is 0.852 bits per heavy atom. The molecule has 0 saturated carbocycles. The summed E-state index contributed by atoms with van der Waals surface area (Å²) < 4.78 is 14.4. The van der Waals surface area contributed by atoms with Gasteiger partial charge in [-0.15, -0.1) is 0 Å². The summed E-state index contributed by atoms with van der Waals surface area (Å²) in [6, 6.07) is 15.1. The van der Waals surface area contributed by atoms with Crippen LogP contribution in [0.4, 0.5) is 0 Å². The van der Waals surface area contributed by atoms with E-state index in [1.54, 1.807) is 0 Å². The van der Waals surface area contributed by atoms with Gasteiger partial charge in [-0.25, -0.2) is 0 Å². The predicted octanol–water partition coefficient (Wildman–Crippen LogP) is 5.45. The van der Waals surface area contributed by atoms with Gasteiger partial charge in [0.25, 0.3) is 0 Å². The predicted molar refractivity (Wildman–Crippen MR) is 114 cm³/mol. The second kappa shape index (κ2) is 7.44. The molecule has 1 atom stereocenters. The van der Waals surface area contributed by atoms with E-state index in [-0.39, 0.29) is 5.52 Å². The molecule has 0 heterocycles. The van der Waals surface area contributed by atoms with E-state index in [0.29, 0.717) is 22.1 Å². The highest BCUT2D eigenvalue weighted by atomic mass is 31.2. The van der Waals surface area contributed by atoms with Crippen LogP contribution in [-0.2, 0) is 9.36 Å². The van der Waals surface area contributed by atoms with Crippen LogP contribution >= 0.6 is 7.14 Å². The Hall–Kier alpha value is -2.18. The van der Waals surface area contributed by atoms with Crippen LogP contribution in [-0.4, -0.2) is 5.52 Å². The lowest BCUT2D eigenvalue weighted by Gasteiger charge is -2.25. The average molecular weight is 378 g/mol. The minimum atomic E-state index is -3.46. The molecule has 1 unspecified atom stereocenters. The number of allylic oxidation sites excluding steroid dienone is 4. The summed E-state index contributed by atoms with van der Waals surface area (Å²) in [6.07, 6.45) is 2.95. The maximum atomic E-state index is 14.4. The largest absolute Gasteiger partial charge is 0.305 e. The fourth-order valence-electron chi connectivity index (χ4n) is 3.89. The van der Waals surface area contributed by atoms with Gasteiger partial charge < -0.3 is 4.57 Å². The van der Waals surface area contributed by atoms with Crippen LogP contribution in [0.1, 0.15) is 38.3 Å². The Morgan fingerprint density at radius 2 is 1.30 bits per heavy atom. The highest BCUT2D eigenvalue weighted by Gasteiger charge is 2.39. The number of hydrogen-bond acceptors (Lipinski definition) is 2. The van der Waals surface area contributed by atoms with Crippen molar-refractivity contribution in [2.45, 2.75) is 41.0 Å². The van der Waals surface area contributed by atoms with Gasteiger partial charge in [-0.2, -0.15) is 0 Å². The van der Waals surface area contributed by atoms with E-state index < -0.39 is 7.14 Å². The molecular weight excluding hydrogens is 351 g/mol. The van der Waals surface area contributed by atoms with Gasteiger partial charge >= 0.3 is 0 Å². The molecule has 27 heavy (non-hydrogen) atoms. The van der Waals surface area contributed by atoms with Gasteiger partial charge in [-0.05, 0) is 45.6 Å². The average Bonchev–Trinajstić information content (AvgIpc) is 2.61. The normalized spacial score (nSPS) is 17.7. The van der Waals surface area contributed by atoms with E-state index in [2.05, 4.69) is 13.0 Å². The second-order valence-electron chi connectivity index (χ2n) is 7.77. The van der Waals surface area contributed by atoms with Crippen LogP contribution in [0.5, 0.6) is 0 Å². The summed E-state index contributed by atoms with van der Waals surface area (Å²) in [5.41, 5.74) is 4.55. The summed E-state index contributed by atoms with van der Waals surface area (Å²) in [4.78, 5) is 13.8. The van der Waals surface area contributed by atoms with Crippen LogP contribution < -0.4 is 10.6 Å². The van der Waals surface area contributed by atoms with Crippen molar-refractivity contribution in [1.29, 1.82) is 0 Å². The lowest BCUT2D eigenvalue weighted by atomic mass is 9.87. The van der Waals surface area contributed by atoms with E-state index in [4.69, 9.17) is 0 Å². The van der Waals surface area contributed by atoms with Crippen molar-refractivity contribution in [3.8, 4) is 0 Å². The number of rotatable bonds is 4. The maximum Gasteiger partial charge on any atom is 0.230 e. The number of benzene rings is 2. The van der Waals surface area contributed by atoms with Crippen LogP contribution in [0.3, 0.4) is 0 Å². The molecule has 0 saturated heterocycles. The van der Waals surface area contributed by atoms with E-state index >= 15 is 0 Å². The Bertz CT molecular complexity index is 927. The van der Waals surface area contributed by atoms with Crippen LogP contribution in [0, 0.1) is 19.8 Å². The first-order valence-electron chi connectivity index (χ1n) is 9.41. The third-order valence-electron chi connectivity index (χ3n) is 5.28. The molecule has 0 fully saturated rings. The summed E-state index contributed by atoms with van der Waals surface area (Å²) >= 11 is 0. The van der Waals surface area contributed by atoms with Crippen molar-refractivity contribution >= 4 is 23.3 Å². The quantitative estimate of drug-likeness (QED) is 0.663. The Balaban J connectivity index is 2.22. The van der Waals surface area contributed by atoms with Crippen molar-refractivity contribution < 1.29 is 9.36 Å². The molecule has 0 N–H and O–H groups in total. The molecule has 3 rings (SSSR count).